The molecule has 2 aliphatic rings. The number of rotatable bonds is 4. The highest BCUT2D eigenvalue weighted by Gasteiger charge is 2.29. The van der Waals surface area contributed by atoms with Crippen molar-refractivity contribution in [3.63, 3.8) is 0 Å². The Bertz CT molecular complexity index is 888. The van der Waals surface area contributed by atoms with E-state index in [1.54, 1.807) is 16.7 Å². The molecule has 0 spiro atoms. The minimum absolute atomic E-state index is 0.00552. The number of hydrogen-bond donors (Lipinski definition) is 0. The number of hydrogen-bond acceptors (Lipinski definition) is 5. The van der Waals surface area contributed by atoms with Gasteiger partial charge in [-0.05, 0) is 41.5 Å². The van der Waals surface area contributed by atoms with Crippen molar-refractivity contribution in [2.45, 2.75) is 11.7 Å². The summed E-state index contributed by atoms with van der Waals surface area (Å²) in [7, 11) is 0. The first kappa shape index (κ1) is 18.4. The number of esters is 1. The van der Waals surface area contributed by atoms with Crippen LogP contribution in [0.4, 0.5) is 5.69 Å². The number of amides is 1. The SMILES string of the molecule is O=C(OCCN1C(=O)COc2ccc(Br)cc21)[C@H]1SCCc2ccccc21. The number of carbonyl (C=O) groups is 2. The smallest absolute Gasteiger partial charge is 0.323 e. The van der Waals surface area contributed by atoms with E-state index in [0.717, 1.165) is 22.2 Å². The summed E-state index contributed by atoms with van der Waals surface area (Å²) < 4.78 is 11.8. The van der Waals surface area contributed by atoms with Crippen LogP contribution in [0.5, 0.6) is 5.75 Å². The van der Waals surface area contributed by atoms with Gasteiger partial charge in [-0.15, -0.1) is 11.8 Å². The molecule has 0 saturated carbocycles. The van der Waals surface area contributed by atoms with Crippen LogP contribution >= 0.6 is 27.7 Å². The minimum atomic E-state index is -0.295. The fraction of sp³-hybridized carbons (Fsp3) is 0.300. The number of fused-ring (bicyclic) bond motifs is 2. The van der Waals surface area contributed by atoms with Crippen LogP contribution in [0.2, 0.25) is 0 Å². The zero-order chi connectivity index (χ0) is 18.8. The molecule has 2 aromatic carbocycles. The summed E-state index contributed by atoms with van der Waals surface area (Å²) in [6, 6.07) is 13.5. The van der Waals surface area contributed by atoms with E-state index in [1.165, 1.54) is 5.56 Å². The molecule has 0 bridgehead atoms. The number of thioether (sulfide) groups is 1. The van der Waals surface area contributed by atoms with E-state index in [-0.39, 0.29) is 30.3 Å². The second-order valence-electron chi connectivity index (χ2n) is 6.31. The molecule has 0 N–H and O–H groups in total. The van der Waals surface area contributed by atoms with Crippen molar-refractivity contribution < 1.29 is 19.1 Å². The highest BCUT2D eigenvalue weighted by molar-refractivity contribution is 9.10. The molecule has 0 unspecified atom stereocenters. The zero-order valence-corrected chi connectivity index (χ0v) is 16.9. The highest BCUT2D eigenvalue weighted by Crippen LogP contribution is 2.38. The van der Waals surface area contributed by atoms with Crippen molar-refractivity contribution in [3.8, 4) is 5.75 Å². The Kier molecular flexibility index (Phi) is 5.41. The predicted molar refractivity (Wildman–Crippen MR) is 108 cm³/mol. The standard InChI is InChI=1S/C20H18BrNO4S/c21-14-5-6-17-16(11-14)22(18(23)12-26-17)8-9-25-20(24)19-15-4-2-1-3-13(15)7-10-27-19/h1-6,11,19H,7-10,12H2/t19-/m0/s1. The van der Waals surface area contributed by atoms with Gasteiger partial charge in [0.1, 0.15) is 17.6 Å². The van der Waals surface area contributed by atoms with Gasteiger partial charge in [0.25, 0.3) is 5.91 Å². The molecule has 5 nitrogen and oxygen atoms in total. The lowest BCUT2D eigenvalue weighted by atomic mass is 10.0. The second-order valence-corrected chi connectivity index (χ2v) is 8.44. The van der Waals surface area contributed by atoms with Gasteiger partial charge in [-0.1, -0.05) is 40.2 Å². The maximum Gasteiger partial charge on any atom is 0.323 e. The Labute approximate surface area is 170 Å². The lowest BCUT2D eigenvalue weighted by Crippen LogP contribution is -2.41. The maximum absolute atomic E-state index is 12.6. The van der Waals surface area contributed by atoms with Gasteiger partial charge < -0.3 is 14.4 Å². The van der Waals surface area contributed by atoms with E-state index in [1.807, 2.05) is 36.4 Å². The van der Waals surface area contributed by atoms with Gasteiger partial charge in [-0.25, -0.2) is 0 Å². The van der Waals surface area contributed by atoms with Gasteiger partial charge in [0.2, 0.25) is 0 Å². The monoisotopic (exact) mass is 447 g/mol. The lowest BCUT2D eigenvalue weighted by Gasteiger charge is -2.29. The summed E-state index contributed by atoms with van der Waals surface area (Å²) in [5.74, 6) is 1.16. The number of aryl methyl sites for hydroxylation is 1. The normalized spacial score (nSPS) is 18.3. The molecule has 7 heteroatoms. The van der Waals surface area contributed by atoms with Crippen LogP contribution in [0.15, 0.2) is 46.9 Å². The van der Waals surface area contributed by atoms with E-state index in [9.17, 15) is 9.59 Å². The van der Waals surface area contributed by atoms with E-state index in [2.05, 4.69) is 22.0 Å². The molecule has 0 aromatic heterocycles. The summed E-state index contributed by atoms with van der Waals surface area (Å²) in [5.41, 5.74) is 2.94. The largest absolute Gasteiger partial charge is 0.482 e. The molecule has 2 heterocycles. The molecule has 0 radical (unpaired) electrons. The summed E-state index contributed by atoms with van der Waals surface area (Å²) in [4.78, 5) is 26.5. The number of halogens is 1. The van der Waals surface area contributed by atoms with Gasteiger partial charge in [-0.3, -0.25) is 9.59 Å². The summed E-state index contributed by atoms with van der Waals surface area (Å²) in [6.45, 7) is 0.445. The van der Waals surface area contributed by atoms with Crippen molar-refractivity contribution in [2.75, 3.05) is 30.4 Å². The lowest BCUT2D eigenvalue weighted by molar-refractivity contribution is -0.143. The first-order valence-electron chi connectivity index (χ1n) is 8.72. The van der Waals surface area contributed by atoms with E-state index >= 15 is 0 Å². The van der Waals surface area contributed by atoms with Crippen molar-refractivity contribution in [1.29, 1.82) is 0 Å². The third kappa shape index (κ3) is 3.84. The Morgan fingerprint density at radius 1 is 1.30 bits per heavy atom. The summed E-state index contributed by atoms with van der Waals surface area (Å²) >= 11 is 5.02. The van der Waals surface area contributed by atoms with Crippen LogP contribution in [0, 0.1) is 0 Å². The molecule has 2 aromatic rings. The molecule has 1 atom stereocenters. The van der Waals surface area contributed by atoms with Crippen LogP contribution in [-0.2, 0) is 20.7 Å². The van der Waals surface area contributed by atoms with Crippen LogP contribution in [-0.4, -0.2) is 37.4 Å². The molecule has 2 aliphatic heterocycles. The van der Waals surface area contributed by atoms with Crippen LogP contribution in [0.25, 0.3) is 0 Å². The third-order valence-corrected chi connectivity index (χ3v) is 6.34. The van der Waals surface area contributed by atoms with Crippen molar-refractivity contribution in [3.05, 3.63) is 58.1 Å². The van der Waals surface area contributed by atoms with Gasteiger partial charge in [-0.2, -0.15) is 0 Å². The summed E-state index contributed by atoms with van der Waals surface area (Å²) in [6.07, 6.45) is 0.971. The van der Waals surface area contributed by atoms with Gasteiger partial charge >= 0.3 is 5.97 Å². The van der Waals surface area contributed by atoms with Crippen molar-refractivity contribution in [1.82, 2.24) is 0 Å². The molecule has 0 fully saturated rings. The van der Waals surface area contributed by atoms with Crippen LogP contribution < -0.4 is 9.64 Å². The summed E-state index contributed by atoms with van der Waals surface area (Å²) in [5, 5.41) is -0.295. The van der Waals surface area contributed by atoms with Crippen molar-refractivity contribution in [2.24, 2.45) is 0 Å². The average Bonchev–Trinajstić information content (AvgIpc) is 2.69. The Hall–Kier alpha value is -1.99. The fourth-order valence-corrected chi connectivity index (χ4v) is 4.86. The molecule has 1 amide bonds. The number of ether oxygens (including phenoxy) is 2. The quantitative estimate of drug-likeness (QED) is 0.667. The molecule has 27 heavy (non-hydrogen) atoms. The van der Waals surface area contributed by atoms with Gasteiger partial charge in [0, 0.05) is 4.47 Å². The Balaban J connectivity index is 1.41. The second kappa shape index (κ2) is 7.94. The molecule has 0 saturated heterocycles. The fourth-order valence-electron chi connectivity index (χ4n) is 3.32. The molecule has 140 valence electrons. The van der Waals surface area contributed by atoms with E-state index in [0.29, 0.717) is 18.0 Å². The number of carbonyl (C=O) groups excluding carboxylic acids is 2. The first-order chi connectivity index (χ1) is 13.1. The predicted octanol–water partition coefficient (Wildman–Crippen LogP) is 3.75. The third-order valence-electron chi connectivity index (χ3n) is 4.63. The molecule has 0 aliphatic carbocycles. The van der Waals surface area contributed by atoms with Crippen LogP contribution in [0.3, 0.4) is 0 Å². The minimum Gasteiger partial charge on any atom is -0.482 e. The van der Waals surface area contributed by atoms with Crippen molar-refractivity contribution >= 4 is 45.3 Å². The van der Waals surface area contributed by atoms with E-state index in [4.69, 9.17) is 9.47 Å². The van der Waals surface area contributed by atoms with Gasteiger partial charge in [0.05, 0.1) is 12.2 Å². The van der Waals surface area contributed by atoms with Gasteiger partial charge in [0.15, 0.2) is 6.61 Å². The Morgan fingerprint density at radius 3 is 3.04 bits per heavy atom. The molecule has 4 rings (SSSR count). The molecular formula is C20H18BrNO4S. The first-order valence-corrected chi connectivity index (χ1v) is 10.6. The molecular weight excluding hydrogens is 430 g/mol. The highest BCUT2D eigenvalue weighted by atomic mass is 79.9. The average molecular weight is 448 g/mol. The number of anilines is 1. The van der Waals surface area contributed by atoms with E-state index < -0.39 is 0 Å². The van der Waals surface area contributed by atoms with Crippen LogP contribution in [0.1, 0.15) is 16.4 Å². The zero-order valence-electron chi connectivity index (χ0n) is 14.5. The Morgan fingerprint density at radius 2 is 2.15 bits per heavy atom. The maximum atomic E-state index is 12.6. The topological polar surface area (TPSA) is 55.8 Å². The number of nitrogens with zero attached hydrogens (tertiary/aromatic N) is 1. The number of benzene rings is 2.